The van der Waals surface area contributed by atoms with Gasteiger partial charge in [-0.2, -0.15) is 11.8 Å². The van der Waals surface area contributed by atoms with Gasteiger partial charge in [-0.1, -0.05) is 41.9 Å². The molecule has 0 radical (unpaired) electrons. The maximum atomic E-state index is 11.9. The van der Waals surface area contributed by atoms with Gasteiger partial charge in [-0.05, 0) is 65.6 Å². The lowest BCUT2D eigenvalue weighted by molar-refractivity contribution is -0.143. The molecular weight excluding hydrogens is 414 g/mol. The Hall–Kier alpha value is -2.02. The molecule has 0 aliphatic carbocycles. The minimum absolute atomic E-state index is 0.298. The second kappa shape index (κ2) is 16.6. The molecule has 6 nitrogen and oxygen atoms in total. The van der Waals surface area contributed by atoms with E-state index in [-0.39, 0.29) is 6.42 Å². The van der Waals surface area contributed by atoms with Gasteiger partial charge in [0.05, 0.1) is 6.42 Å². The van der Waals surface area contributed by atoms with Crippen molar-refractivity contribution in [1.29, 1.82) is 0 Å². The Labute approximate surface area is 191 Å². The summed E-state index contributed by atoms with van der Waals surface area (Å²) in [6, 6.07) is -0.999. The highest BCUT2D eigenvalue weighted by atomic mass is 32.2. The predicted octanol–water partition coefficient (Wildman–Crippen LogP) is 5.21. The summed E-state index contributed by atoms with van der Waals surface area (Å²) in [6.45, 7) is 9.99. The molecule has 0 bridgehead atoms. The highest BCUT2D eigenvalue weighted by molar-refractivity contribution is 7.99. The number of aliphatic carboxylic acids is 2. The highest BCUT2D eigenvalue weighted by Gasteiger charge is 2.23. The predicted molar refractivity (Wildman–Crippen MR) is 128 cm³/mol. The van der Waals surface area contributed by atoms with E-state index in [0.29, 0.717) is 12.2 Å². The molecule has 0 heterocycles. The van der Waals surface area contributed by atoms with E-state index >= 15 is 0 Å². The topological polar surface area (TPSA) is 104 Å². The van der Waals surface area contributed by atoms with Crippen molar-refractivity contribution in [1.82, 2.24) is 5.32 Å². The summed E-state index contributed by atoms with van der Waals surface area (Å²) in [5.74, 6) is -2.10. The second-order valence-corrected chi connectivity index (χ2v) is 9.37. The van der Waals surface area contributed by atoms with Gasteiger partial charge < -0.3 is 15.5 Å². The average molecular weight is 454 g/mol. The summed E-state index contributed by atoms with van der Waals surface area (Å²) < 4.78 is 0. The van der Waals surface area contributed by atoms with E-state index in [1.165, 1.54) is 23.6 Å². The molecule has 0 fully saturated rings. The molecule has 0 saturated heterocycles. The first-order chi connectivity index (χ1) is 14.5. The van der Waals surface area contributed by atoms with Crippen LogP contribution in [0, 0.1) is 5.92 Å². The average Bonchev–Trinajstić information content (AvgIpc) is 2.65. The summed E-state index contributed by atoms with van der Waals surface area (Å²) in [7, 11) is 0. The van der Waals surface area contributed by atoms with E-state index in [1.807, 2.05) is 0 Å². The highest BCUT2D eigenvalue weighted by Crippen LogP contribution is 2.13. The van der Waals surface area contributed by atoms with Crippen LogP contribution >= 0.6 is 11.8 Å². The number of carboxylic acids is 2. The fourth-order valence-corrected chi connectivity index (χ4v) is 3.72. The first-order valence-corrected chi connectivity index (χ1v) is 12.0. The number of rotatable bonds is 16. The first-order valence-electron chi connectivity index (χ1n) is 10.8. The van der Waals surface area contributed by atoms with Crippen LogP contribution in [0.2, 0.25) is 0 Å². The number of carbonyl (C=O) groups is 3. The fraction of sp³-hybridized carbons (Fsp3) is 0.625. The number of allylic oxidation sites excluding steroid dienone is 5. The van der Waals surface area contributed by atoms with Crippen LogP contribution in [0.4, 0.5) is 0 Å². The minimum Gasteiger partial charge on any atom is -0.481 e. The lowest BCUT2D eigenvalue weighted by Crippen LogP contribution is -2.43. The molecule has 0 aromatic carbocycles. The molecule has 0 aliphatic rings. The molecule has 0 aromatic rings. The van der Waals surface area contributed by atoms with E-state index in [0.717, 1.165) is 31.4 Å². The van der Waals surface area contributed by atoms with Gasteiger partial charge in [-0.15, -0.1) is 0 Å². The standard InChI is InChI=1S/C24H39NO5S/c1-17(2)8-6-9-18(3)10-7-11-19(4)12-14-31-15-13-21(24(29)30)25-23(28)20(5)16-22(26)27/h8,10,12,20-21H,6-7,9,11,13-16H2,1-5H3,(H,25,28)(H,26,27)(H,29,30)/b18-10+,19-12+/t20?,21-/m0/s1. The molecule has 0 rings (SSSR count). The molecule has 0 saturated carbocycles. The number of nitrogens with one attached hydrogen (secondary N) is 1. The van der Waals surface area contributed by atoms with E-state index < -0.39 is 29.8 Å². The Morgan fingerprint density at radius 1 is 0.935 bits per heavy atom. The number of hydrogen-bond acceptors (Lipinski definition) is 4. The molecule has 3 N–H and O–H groups in total. The van der Waals surface area contributed by atoms with Crippen molar-refractivity contribution in [2.75, 3.05) is 11.5 Å². The third-order valence-corrected chi connectivity index (χ3v) is 5.69. The lowest BCUT2D eigenvalue weighted by atomic mass is 10.1. The SMILES string of the molecule is CC(C)=CCC/C(C)=C/CC/C(C)=C/CSCC[C@H](NC(=O)C(C)CC(=O)O)C(=O)O. The van der Waals surface area contributed by atoms with Gasteiger partial charge in [0.15, 0.2) is 0 Å². The van der Waals surface area contributed by atoms with Crippen molar-refractivity contribution in [3.63, 3.8) is 0 Å². The van der Waals surface area contributed by atoms with Crippen molar-refractivity contribution in [3.8, 4) is 0 Å². The Bertz CT molecular complexity index is 677. The quantitative estimate of drug-likeness (QED) is 0.219. The fourth-order valence-electron chi connectivity index (χ4n) is 2.75. The smallest absolute Gasteiger partial charge is 0.326 e. The number of thioether (sulfide) groups is 1. The van der Waals surface area contributed by atoms with E-state index in [9.17, 15) is 19.5 Å². The third-order valence-electron chi connectivity index (χ3n) is 4.77. The summed E-state index contributed by atoms with van der Waals surface area (Å²) in [6.07, 6.45) is 10.9. The van der Waals surface area contributed by atoms with Gasteiger partial charge in [0.25, 0.3) is 0 Å². The minimum atomic E-state index is -1.10. The lowest BCUT2D eigenvalue weighted by Gasteiger charge is -2.16. The van der Waals surface area contributed by atoms with E-state index in [2.05, 4.69) is 51.2 Å². The van der Waals surface area contributed by atoms with Gasteiger partial charge in [0.1, 0.15) is 6.04 Å². The van der Waals surface area contributed by atoms with Crippen molar-refractivity contribution >= 4 is 29.6 Å². The monoisotopic (exact) mass is 453 g/mol. The summed E-state index contributed by atoms with van der Waals surface area (Å²) in [4.78, 5) is 34.0. The number of hydrogen-bond donors (Lipinski definition) is 3. The first kappa shape index (κ1) is 29.0. The van der Waals surface area contributed by atoms with Crippen molar-refractivity contribution in [2.24, 2.45) is 5.92 Å². The number of carboxylic acid groups (broad SMARTS) is 2. The molecule has 2 atom stereocenters. The third kappa shape index (κ3) is 16.4. The van der Waals surface area contributed by atoms with Crippen molar-refractivity contribution in [2.45, 2.75) is 79.2 Å². The van der Waals surface area contributed by atoms with Gasteiger partial charge in [-0.3, -0.25) is 9.59 Å². The molecule has 7 heteroatoms. The summed E-state index contributed by atoms with van der Waals surface area (Å²) >= 11 is 1.62. The maximum absolute atomic E-state index is 11.9. The molecule has 31 heavy (non-hydrogen) atoms. The largest absolute Gasteiger partial charge is 0.481 e. The molecule has 0 aliphatic heterocycles. The van der Waals surface area contributed by atoms with Gasteiger partial charge in [-0.25, -0.2) is 4.79 Å². The number of amides is 1. The molecular formula is C24H39NO5S. The summed E-state index contributed by atoms with van der Waals surface area (Å²) in [5, 5.41) is 20.5. The molecule has 176 valence electrons. The van der Waals surface area contributed by atoms with Crippen LogP contribution < -0.4 is 5.32 Å². The van der Waals surface area contributed by atoms with Crippen LogP contribution in [0.25, 0.3) is 0 Å². The van der Waals surface area contributed by atoms with Gasteiger partial charge >= 0.3 is 11.9 Å². The van der Waals surface area contributed by atoms with Crippen LogP contribution in [0.15, 0.2) is 34.9 Å². The Balaban J connectivity index is 4.22. The van der Waals surface area contributed by atoms with Gasteiger partial charge in [0.2, 0.25) is 5.91 Å². The van der Waals surface area contributed by atoms with Crippen LogP contribution in [-0.2, 0) is 14.4 Å². The van der Waals surface area contributed by atoms with Crippen molar-refractivity contribution in [3.05, 3.63) is 34.9 Å². The second-order valence-electron chi connectivity index (χ2n) is 8.22. The zero-order valence-corrected chi connectivity index (χ0v) is 20.4. The van der Waals surface area contributed by atoms with Gasteiger partial charge in [0, 0.05) is 11.7 Å². The molecule has 0 spiro atoms. The Morgan fingerprint density at radius 3 is 2.06 bits per heavy atom. The van der Waals surface area contributed by atoms with E-state index in [4.69, 9.17) is 5.11 Å². The maximum Gasteiger partial charge on any atom is 0.326 e. The molecule has 1 unspecified atom stereocenters. The zero-order valence-electron chi connectivity index (χ0n) is 19.6. The molecule has 1 amide bonds. The summed E-state index contributed by atoms with van der Waals surface area (Å²) in [5.41, 5.74) is 4.08. The van der Waals surface area contributed by atoms with Crippen LogP contribution in [0.3, 0.4) is 0 Å². The van der Waals surface area contributed by atoms with Crippen LogP contribution in [0.5, 0.6) is 0 Å². The Kier molecular flexibility index (Phi) is 15.6. The van der Waals surface area contributed by atoms with E-state index in [1.54, 1.807) is 11.8 Å². The van der Waals surface area contributed by atoms with Crippen LogP contribution in [0.1, 0.15) is 73.1 Å². The Morgan fingerprint density at radius 2 is 1.52 bits per heavy atom. The zero-order chi connectivity index (χ0) is 23.8. The van der Waals surface area contributed by atoms with Crippen LogP contribution in [-0.4, -0.2) is 45.6 Å². The normalized spacial score (nSPS) is 14.0. The number of carbonyl (C=O) groups excluding carboxylic acids is 1. The molecule has 0 aromatic heterocycles. The van der Waals surface area contributed by atoms with Crippen molar-refractivity contribution < 1.29 is 24.6 Å².